The summed E-state index contributed by atoms with van der Waals surface area (Å²) >= 11 is 6.77. The van der Waals surface area contributed by atoms with E-state index in [1.807, 2.05) is 66.7 Å². The van der Waals surface area contributed by atoms with E-state index in [0.29, 0.717) is 5.02 Å². The second kappa shape index (κ2) is 6.49. The fourth-order valence-corrected chi connectivity index (χ4v) is 3.80. The lowest BCUT2D eigenvalue weighted by Crippen LogP contribution is -2.10. The largest absolute Gasteiger partial charge is 0.456 e. The van der Waals surface area contributed by atoms with Gasteiger partial charge in [-0.25, -0.2) is 0 Å². The number of para-hydroxylation sites is 3. The van der Waals surface area contributed by atoms with Crippen LogP contribution in [0.1, 0.15) is 0 Å². The molecule has 0 saturated carbocycles. The number of anilines is 3. The van der Waals surface area contributed by atoms with Crippen molar-refractivity contribution in [2.24, 2.45) is 0 Å². The Morgan fingerprint density at radius 1 is 0.593 bits per heavy atom. The number of rotatable bonds is 3. The number of hydrogen-bond acceptors (Lipinski definition) is 2. The van der Waals surface area contributed by atoms with Crippen LogP contribution >= 0.6 is 11.6 Å². The van der Waals surface area contributed by atoms with E-state index in [9.17, 15) is 0 Å². The monoisotopic (exact) mass is 369 g/mol. The molecule has 0 radical (unpaired) electrons. The average molecular weight is 370 g/mol. The SMILES string of the molecule is Clc1ccc2oc3ccccc3c2c1N(c1ccccc1)c1ccccc1. The molecule has 0 bridgehead atoms. The van der Waals surface area contributed by atoms with Crippen LogP contribution in [0.25, 0.3) is 21.9 Å². The first-order valence-electron chi connectivity index (χ1n) is 8.83. The average Bonchev–Trinajstić information content (AvgIpc) is 3.10. The van der Waals surface area contributed by atoms with Crippen LogP contribution in [0.3, 0.4) is 0 Å². The molecular formula is C24H16ClNO. The third-order valence-corrected chi connectivity index (χ3v) is 5.02. The van der Waals surface area contributed by atoms with E-state index in [-0.39, 0.29) is 0 Å². The number of furan rings is 1. The summed E-state index contributed by atoms with van der Waals surface area (Å²) in [5, 5.41) is 2.76. The van der Waals surface area contributed by atoms with Crippen LogP contribution in [0.5, 0.6) is 0 Å². The number of halogens is 1. The summed E-state index contributed by atoms with van der Waals surface area (Å²) in [4.78, 5) is 2.19. The summed E-state index contributed by atoms with van der Waals surface area (Å²) < 4.78 is 6.08. The fraction of sp³-hybridized carbons (Fsp3) is 0. The first kappa shape index (κ1) is 16.0. The van der Waals surface area contributed by atoms with E-state index in [1.54, 1.807) is 0 Å². The first-order valence-corrected chi connectivity index (χ1v) is 9.21. The molecule has 0 N–H and O–H groups in total. The summed E-state index contributed by atoms with van der Waals surface area (Å²) in [6.07, 6.45) is 0. The molecule has 4 aromatic carbocycles. The summed E-state index contributed by atoms with van der Waals surface area (Å²) in [5.41, 5.74) is 4.70. The second-order valence-corrected chi connectivity index (χ2v) is 6.78. The predicted octanol–water partition coefficient (Wildman–Crippen LogP) is 7.71. The molecule has 3 heteroatoms. The van der Waals surface area contributed by atoms with Crippen LogP contribution in [0.2, 0.25) is 5.02 Å². The molecule has 0 aliphatic heterocycles. The normalized spacial score (nSPS) is 11.1. The van der Waals surface area contributed by atoms with Gasteiger partial charge >= 0.3 is 0 Å². The third-order valence-electron chi connectivity index (χ3n) is 4.72. The molecule has 2 nitrogen and oxygen atoms in total. The van der Waals surface area contributed by atoms with Gasteiger partial charge in [-0.3, -0.25) is 0 Å². The molecule has 0 saturated heterocycles. The standard InChI is InChI=1S/C24H16ClNO/c25-20-15-16-22-23(19-13-7-8-14-21(19)27-22)24(20)26(17-9-3-1-4-10-17)18-11-5-2-6-12-18/h1-16H. The van der Waals surface area contributed by atoms with Crippen molar-refractivity contribution in [3.05, 3.63) is 102 Å². The van der Waals surface area contributed by atoms with Crippen molar-refractivity contribution in [1.29, 1.82) is 0 Å². The van der Waals surface area contributed by atoms with E-state index in [2.05, 4.69) is 35.2 Å². The Labute approximate surface area is 162 Å². The van der Waals surface area contributed by atoms with Crippen LogP contribution in [0, 0.1) is 0 Å². The molecule has 0 aliphatic rings. The Balaban J connectivity index is 1.90. The maximum absolute atomic E-state index is 6.77. The van der Waals surface area contributed by atoms with E-state index < -0.39 is 0 Å². The second-order valence-electron chi connectivity index (χ2n) is 6.37. The van der Waals surface area contributed by atoms with Gasteiger partial charge in [-0.1, -0.05) is 66.2 Å². The zero-order valence-corrected chi connectivity index (χ0v) is 15.2. The van der Waals surface area contributed by atoms with Crippen LogP contribution in [-0.2, 0) is 0 Å². The molecular weight excluding hydrogens is 354 g/mol. The summed E-state index contributed by atoms with van der Waals surface area (Å²) in [7, 11) is 0. The van der Waals surface area contributed by atoms with Crippen molar-refractivity contribution in [2.75, 3.05) is 4.90 Å². The number of fused-ring (bicyclic) bond motifs is 3. The van der Waals surface area contributed by atoms with Gasteiger partial charge in [0.15, 0.2) is 0 Å². The minimum atomic E-state index is 0.682. The highest BCUT2D eigenvalue weighted by Gasteiger charge is 2.21. The topological polar surface area (TPSA) is 16.4 Å². The smallest absolute Gasteiger partial charge is 0.137 e. The van der Waals surface area contributed by atoms with E-state index in [4.69, 9.17) is 16.0 Å². The molecule has 0 spiro atoms. The maximum atomic E-state index is 6.77. The van der Waals surface area contributed by atoms with Crippen molar-refractivity contribution < 1.29 is 4.42 Å². The van der Waals surface area contributed by atoms with Gasteiger partial charge in [-0.15, -0.1) is 0 Å². The van der Waals surface area contributed by atoms with E-state index >= 15 is 0 Å². The van der Waals surface area contributed by atoms with Crippen molar-refractivity contribution >= 4 is 50.6 Å². The molecule has 5 rings (SSSR count). The van der Waals surface area contributed by atoms with Gasteiger partial charge in [0.2, 0.25) is 0 Å². The molecule has 0 amide bonds. The van der Waals surface area contributed by atoms with Gasteiger partial charge in [0.25, 0.3) is 0 Å². The highest BCUT2D eigenvalue weighted by atomic mass is 35.5. The lowest BCUT2D eigenvalue weighted by atomic mass is 10.1. The Hall–Kier alpha value is -3.23. The van der Waals surface area contributed by atoms with Crippen molar-refractivity contribution in [3.8, 4) is 0 Å². The van der Waals surface area contributed by atoms with Crippen molar-refractivity contribution in [3.63, 3.8) is 0 Å². The molecule has 1 heterocycles. The first-order chi connectivity index (χ1) is 13.3. The Bertz CT molecular complexity index is 1190. The molecule has 0 atom stereocenters. The van der Waals surface area contributed by atoms with Crippen LogP contribution in [-0.4, -0.2) is 0 Å². The number of nitrogens with zero attached hydrogens (tertiary/aromatic N) is 1. The van der Waals surface area contributed by atoms with Gasteiger partial charge < -0.3 is 9.32 Å². The quantitative estimate of drug-likeness (QED) is 0.324. The Kier molecular flexibility index (Phi) is 3.84. The van der Waals surface area contributed by atoms with E-state index in [0.717, 1.165) is 39.0 Å². The van der Waals surface area contributed by atoms with Crippen molar-refractivity contribution in [2.45, 2.75) is 0 Å². The molecule has 1 aromatic heterocycles. The lowest BCUT2D eigenvalue weighted by Gasteiger charge is -2.27. The van der Waals surface area contributed by atoms with Crippen molar-refractivity contribution in [1.82, 2.24) is 0 Å². The van der Waals surface area contributed by atoms with Crippen LogP contribution < -0.4 is 4.90 Å². The third kappa shape index (κ3) is 2.66. The molecule has 5 aromatic rings. The van der Waals surface area contributed by atoms with Gasteiger partial charge in [-0.2, -0.15) is 0 Å². The maximum Gasteiger partial charge on any atom is 0.137 e. The van der Waals surface area contributed by atoms with Gasteiger partial charge in [0.05, 0.1) is 16.1 Å². The van der Waals surface area contributed by atoms with Gasteiger partial charge in [0.1, 0.15) is 11.2 Å². The highest BCUT2D eigenvalue weighted by molar-refractivity contribution is 6.36. The zero-order chi connectivity index (χ0) is 18.2. The zero-order valence-electron chi connectivity index (χ0n) is 14.5. The molecule has 130 valence electrons. The Morgan fingerprint density at radius 2 is 1.19 bits per heavy atom. The number of benzene rings is 4. The lowest BCUT2D eigenvalue weighted by molar-refractivity contribution is 0.669. The Morgan fingerprint density at radius 3 is 1.85 bits per heavy atom. The predicted molar refractivity (Wildman–Crippen MR) is 113 cm³/mol. The minimum absolute atomic E-state index is 0.682. The summed E-state index contributed by atoms with van der Waals surface area (Å²) in [6.45, 7) is 0. The van der Waals surface area contributed by atoms with Gasteiger partial charge in [0, 0.05) is 16.8 Å². The molecule has 0 unspecified atom stereocenters. The van der Waals surface area contributed by atoms with Gasteiger partial charge in [-0.05, 0) is 42.5 Å². The van der Waals surface area contributed by atoms with Crippen LogP contribution in [0.15, 0.2) is 101 Å². The molecule has 0 fully saturated rings. The van der Waals surface area contributed by atoms with Crippen LogP contribution in [0.4, 0.5) is 17.1 Å². The summed E-state index contributed by atoms with van der Waals surface area (Å²) in [5.74, 6) is 0. The highest BCUT2D eigenvalue weighted by Crippen LogP contribution is 2.46. The minimum Gasteiger partial charge on any atom is -0.456 e. The molecule has 0 aliphatic carbocycles. The fourth-order valence-electron chi connectivity index (χ4n) is 3.55. The summed E-state index contributed by atoms with van der Waals surface area (Å²) in [6, 6.07) is 32.4. The molecule has 27 heavy (non-hydrogen) atoms. The van der Waals surface area contributed by atoms with E-state index in [1.165, 1.54) is 0 Å². The number of hydrogen-bond donors (Lipinski definition) is 0.